The first kappa shape index (κ1) is 20.6. The molecule has 29 heavy (non-hydrogen) atoms. The molecule has 1 heterocycles. The number of aliphatic hydroxyl groups excluding tert-OH is 1. The summed E-state index contributed by atoms with van der Waals surface area (Å²) in [5.74, 6) is -0.158. The Kier molecular flexibility index (Phi) is 7.03. The molecule has 2 atom stereocenters. The van der Waals surface area contributed by atoms with Gasteiger partial charge in [0.25, 0.3) is 0 Å². The third-order valence-electron chi connectivity index (χ3n) is 4.94. The van der Waals surface area contributed by atoms with E-state index in [1.165, 1.54) is 0 Å². The number of carbonyl (C=O) groups is 2. The van der Waals surface area contributed by atoms with Gasteiger partial charge in [-0.3, -0.25) is 4.79 Å². The number of hydrogen-bond acceptors (Lipinski definition) is 4. The first-order valence-electron chi connectivity index (χ1n) is 9.69. The number of aliphatic hydroxyl groups is 1. The highest BCUT2D eigenvalue weighted by Gasteiger charge is 2.28. The number of para-hydroxylation sites is 1. The quantitative estimate of drug-likeness (QED) is 0.638. The average Bonchev–Trinajstić information content (AvgIpc) is 3.09. The first-order valence-corrected chi connectivity index (χ1v) is 9.69. The number of benzene rings is 2. The summed E-state index contributed by atoms with van der Waals surface area (Å²) in [5.41, 5.74) is 1.23. The normalized spacial score (nSPS) is 17.6. The topological polar surface area (TPSA) is 87.1 Å². The van der Waals surface area contributed by atoms with Crippen LogP contribution in [0.15, 0.2) is 66.7 Å². The summed E-state index contributed by atoms with van der Waals surface area (Å²) < 4.78 is 5.54. The van der Waals surface area contributed by atoms with Crippen molar-refractivity contribution in [3.8, 4) is 5.75 Å². The molecule has 0 bridgehead atoms. The van der Waals surface area contributed by atoms with Gasteiger partial charge in [-0.05, 0) is 42.7 Å². The molecule has 2 aromatic carbocycles. The molecule has 2 aromatic rings. The summed E-state index contributed by atoms with van der Waals surface area (Å²) in [7, 11) is 0. The fourth-order valence-electron chi connectivity index (χ4n) is 3.32. The Morgan fingerprint density at radius 2 is 1.90 bits per heavy atom. The third-order valence-corrected chi connectivity index (χ3v) is 4.94. The number of amides is 1. The van der Waals surface area contributed by atoms with E-state index >= 15 is 0 Å². The predicted molar refractivity (Wildman–Crippen MR) is 109 cm³/mol. The van der Waals surface area contributed by atoms with Crippen molar-refractivity contribution >= 4 is 11.9 Å². The Morgan fingerprint density at radius 1 is 1.17 bits per heavy atom. The fraction of sp³-hybridized carbons (Fsp3) is 0.304. The lowest BCUT2D eigenvalue weighted by Crippen LogP contribution is -2.34. The van der Waals surface area contributed by atoms with Gasteiger partial charge in [0.1, 0.15) is 18.5 Å². The molecule has 1 aliphatic rings. The zero-order valence-corrected chi connectivity index (χ0v) is 16.1. The molecule has 3 rings (SSSR count). The van der Waals surface area contributed by atoms with Gasteiger partial charge < -0.3 is 19.8 Å². The Bertz CT molecular complexity index is 847. The van der Waals surface area contributed by atoms with Crippen LogP contribution < -0.4 is 4.74 Å². The van der Waals surface area contributed by atoms with E-state index in [1.54, 1.807) is 30.3 Å². The van der Waals surface area contributed by atoms with Crippen molar-refractivity contribution in [3.05, 3.63) is 77.9 Å². The standard InChI is InChI=1S/C23H25NO5/c25-20(16-29-21-4-2-1-3-5-21)12-10-19-11-13-22(26)24(19)15-14-17-6-8-18(9-7-17)23(27)28/h1-10,12,19-20,25H,11,13-16H2,(H,27,28)/b12-10+/t19-,20+/m0/s1. The molecule has 0 radical (unpaired) electrons. The lowest BCUT2D eigenvalue weighted by Gasteiger charge is -2.23. The third kappa shape index (κ3) is 5.93. The second-order valence-corrected chi connectivity index (χ2v) is 7.02. The van der Waals surface area contributed by atoms with Crippen LogP contribution in [0, 0.1) is 0 Å². The molecular weight excluding hydrogens is 370 g/mol. The van der Waals surface area contributed by atoms with Crippen LogP contribution in [0.2, 0.25) is 0 Å². The maximum atomic E-state index is 12.2. The van der Waals surface area contributed by atoms with Crippen molar-refractivity contribution in [2.24, 2.45) is 0 Å². The summed E-state index contributed by atoms with van der Waals surface area (Å²) in [6.07, 6.45) is 4.66. The fourth-order valence-corrected chi connectivity index (χ4v) is 3.32. The lowest BCUT2D eigenvalue weighted by atomic mass is 10.1. The van der Waals surface area contributed by atoms with Gasteiger partial charge in [-0.15, -0.1) is 0 Å². The molecule has 0 spiro atoms. The number of aromatic carboxylic acids is 1. The van der Waals surface area contributed by atoms with E-state index in [0.29, 0.717) is 25.1 Å². The molecule has 0 aromatic heterocycles. The highest BCUT2D eigenvalue weighted by Crippen LogP contribution is 2.21. The highest BCUT2D eigenvalue weighted by atomic mass is 16.5. The van der Waals surface area contributed by atoms with Crippen molar-refractivity contribution < 1.29 is 24.5 Å². The maximum Gasteiger partial charge on any atom is 0.335 e. The molecule has 0 aliphatic carbocycles. The van der Waals surface area contributed by atoms with Crippen LogP contribution in [0.5, 0.6) is 5.75 Å². The van der Waals surface area contributed by atoms with Crippen LogP contribution in [-0.2, 0) is 11.2 Å². The van der Waals surface area contributed by atoms with Crippen molar-refractivity contribution in [1.82, 2.24) is 4.90 Å². The van der Waals surface area contributed by atoms with E-state index in [1.807, 2.05) is 41.3 Å². The van der Waals surface area contributed by atoms with Gasteiger partial charge in [-0.1, -0.05) is 42.5 Å². The molecule has 1 amide bonds. The highest BCUT2D eigenvalue weighted by molar-refractivity contribution is 5.87. The van der Waals surface area contributed by atoms with Crippen molar-refractivity contribution in [2.75, 3.05) is 13.2 Å². The summed E-state index contributed by atoms with van der Waals surface area (Å²) in [6.45, 7) is 0.702. The minimum atomic E-state index is -0.953. The molecule has 1 saturated heterocycles. The molecule has 152 valence electrons. The molecule has 0 saturated carbocycles. The summed E-state index contributed by atoms with van der Waals surface area (Å²) in [5, 5.41) is 19.1. The van der Waals surface area contributed by atoms with Gasteiger partial charge in [-0.2, -0.15) is 0 Å². The van der Waals surface area contributed by atoms with Crippen LogP contribution >= 0.6 is 0 Å². The van der Waals surface area contributed by atoms with Gasteiger partial charge >= 0.3 is 5.97 Å². The van der Waals surface area contributed by atoms with Crippen LogP contribution in [-0.4, -0.2) is 52.3 Å². The van der Waals surface area contributed by atoms with Gasteiger partial charge in [0.2, 0.25) is 5.91 Å². The molecule has 6 nitrogen and oxygen atoms in total. The number of carbonyl (C=O) groups excluding carboxylic acids is 1. The van der Waals surface area contributed by atoms with Crippen molar-refractivity contribution in [3.63, 3.8) is 0 Å². The van der Waals surface area contributed by atoms with Crippen molar-refractivity contribution in [1.29, 1.82) is 0 Å². The van der Waals surface area contributed by atoms with Crippen LogP contribution in [0.1, 0.15) is 28.8 Å². The number of likely N-dealkylation sites (tertiary alicyclic amines) is 1. The Labute approximate surface area is 170 Å². The number of carboxylic acids is 1. The largest absolute Gasteiger partial charge is 0.491 e. The SMILES string of the molecule is O=C(O)c1ccc(CCN2C(=O)CC[C@@H]2/C=C/[C@@H](O)COc2ccccc2)cc1. The molecule has 1 fully saturated rings. The van der Waals surface area contributed by atoms with Gasteiger partial charge in [0, 0.05) is 13.0 Å². The molecular formula is C23H25NO5. The van der Waals surface area contributed by atoms with E-state index in [9.17, 15) is 14.7 Å². The second kappa shape index (κ2) is 9.89. The summed E-state index contributed by atoms with van der Waals surface area (Å²) in [4.78, 5) is 25.0. The van der Waals surface area contributed by atoms with E-state index in [4.69, 9.17) is 9.84 Å². The number of ether oxygens (including phenoxy) is 1. The molecule has 6 heteroatoms. The van der Waals surface area contributed by atoms with E-state index in [-0.39, 0.29) is 24.1 Å². The Morgan fingerprint density at radius 3 is 2.59 bits per heavy atom. The van der Waals surface area contributed by atoms with E-state index < -0.39 is 12.1 Å². The van der Waals surface area contributed by atoms with Gasteiger partial charge in [0.15, 0.2) is 0 Å². The molecule has 0 unspecified atom stereocenters. The van der Waals surface area contributed by atoms with Crippen LogP contribution in [0.3, 0.4) is 0 Å². The summed E-state index contributed by atoms with van der Waals surface area (Å²) >= 11 is 0. The van der Waals surface area contributed by atoms with Crippen LogP contribution in [0.4, 0.5) is 0 Å². The Balaban J connectivity index is 1.51. The molecule has 1 aliphatic heterocycles. The van der Waals surface area contributed by atoms with E-state index in [0.717, 1.165) is 12.0 Å². The monoisotopic (exact) mass is 395 g/mol. The minimum absolute atomic E-state index is 0.0489. The van der Waals surface area contributed by atoms with Gasteiger partial charge in [0.05, 0.1) is 11.6 Å². The van der Waals surface area contributed by atoms with Crippen LogP contribution in [0.25, 0.3) is 0 Å². The van der Waals surface area contributed by atoms with Gasteiger partial charge in [-0.25, -0.2) is 4.79 Å². The second-order valence-electron chi connectivity index (χ2n) is 7.02. The number of nitrogens with zero attached hydrogens (tertiary/aromatic N) is 1. The summed E-state index contributed by atoms with van der Waals surface area (Å²) in [6, 6.07) is 16.0. The zero-order valence-electron chi connectivity index (χ0n) is 16.1. The average molecular weight is 395 g/mol. The zero-order chi connectivity index (χ0) is 20.6. The minimum Gasteiger partial charge on any atom is -0.491 e. The van der Waals surface area contributed by atoms with E-state index in [2.05, 4.69) is 0 Å². The maximum absolute atomic E-state index is 12.2. The number of carboxylic acid groups (broad SMARTS) is 1. The first-order chi connectivity index (χ1) is 14.0. The number of rotatable bonds is 9. The van der Waals surface area contributed by atoms with Crippen molar-refractivity contribution in [2.45, 2.75) is 31.4 Å². The predicted octanol–water partition coefficient (Wildman–Crippen LogP) is 2.91. The Hall–Kier alpha value is -3.12. The lowest BCUT2D eigenvalue weighted by molar-refractivity contribution is -0.128. The smallest absolute Gasteiger partial charge is 0.335 e. The number of hydrogen-bond donors (Lipinski definition) is 2. The molecule has 2 N–H and O–H groups in total.